The van der Waals surface area contributed by atoms with Crippen molar-refractivity contribution >= 4 is 34.6 Å². The van der Waals surface area contributed by atoms with Crippen LogP contribution in [0.3, 0.4) is 0 Å². The van der Waals surface area contributed by atoms with E-state index in [1.54, 1.807) is 18.2 Å². The summed E-state index contributed by atoms with van der Waals surface area (Å²) < 4.78 is 0. The van der Waals surface area contributed by atoms with Crippen LogP contribution in [0.1, 0.15) is 45.1 Å². The van der Waals surface area contributed by atoms with E-state index in [0.717, 1.165) is 37.1 Å². The lowest BCUT2D eigenvalue weighted by Gasteiger charge is -2.20. The topological polar surface area (TPSA) is 85.8 Å². The van der Waals surface area contributed by atoms with E-state index in [1.807, 2.05) is 6.92 Å². The lowest BCUT2D eigenvalue weighted by atomic mass is 9.94. The number of nitrogens with zero attached hydrogens (tertiary/aromatic N) is 1. The van der Waals surface area contributed by atoms with Crippen LogP contribution in [-0.4, -0.2) is 28.4 Å². The molecule has 2 rings (SSSR count). The molecule has 6 nitrogen and oxygen atoms in total. The Balaban J connectivity index is 2.06. The SMILES string of the molecule is CCCCCNC(=S)Nc1cc(C2=NNC(=O)CC2C)ccc1O. The molecule has 4 N–H and O–H groups in total. The first-order valence-electron chi connectivity index (χ1n) is 8.26. The molecule has 1 aromatic rings. The number of phenolic OH excluding ortho intramolecular Hbond substituents is 1. The van der Waals surface area contributed by atoms with E-state index in [9.17, 15) is 9.90 Å². The van der Waals surface area contributed by atoms with Gasteiger partial charge in [-0.15, -0.1) is 0 Å². The number of hydrazone groups is 1. The molecule has 1 unspecified atom stereocenters. The second-order valence-electron chi connectivity index (χ2n) is 5.96. The molecule has 0 spiro atoms. The molecule has 0 saturated heterocycles. The molecule has 0 aliphatic carbocycles. The number of anilines is 1. The minimum absolute atomic E-state index is 0.0234. The van der Waals surface area contributed by atoms with Crippen LogP contribution in [0.4, 0.5) is 5.69 Å². The zero-order chi connectivity index (χ0) is 17.5. The Hall–Kier alpha value is -2.15. The number of nitrogens with one attached hydrogen (secondary N) is 3. The molecule has 0 fully saturated rings. The van der Waals surface area contributed by atoms with Crippen LogP contribution < -0.4 is 16.1 Å². The Morgan fingerprint density at radius 2 is 2.25 bits per heavy atom. The summed E-state index contributed by atoms with van der Waals surface area (Å²) in [6.07, 6.45) is 3.76. The quantitative estimate of drug-likeness (QED) is 0.361. The van der Waals surface area contributed by atoms with Gasteiger partial charge in [0.2, 0.25) is 5.91 Å². The summed E-state index contributed by atoms with van der Waals surface area (Å²) in [5.41, 5.74) is 4.66. The van der Waals surface area contributed by atoms with E-state index in [2.05, 4.69) is 28.1 Å². The molecule has 1 heterocycles. The molecule has 0 aromatic heterocycles. The van der Waals surface area contributed by atoms with Crippen molar-refractivity contribution < 1.29 is 9.90 Å². The normalized spacial score (nSPS) is 17.0. The number of aromatic hydroxyl groups is 1. The molecular formula is C17H24N4O2S. The summed E-state index contributed by atoms with van der Waals surface area (Å²) in [5, 5.41) is 20.8. The van der Waals surface area contributed by atoms with Gasteiger partial charge >= 0.3 is 0 Å². The number of thiocarbonyl (C=S) groups is 1. The number of unbranched alkanes of at least 4 members (excludes halogenated alkanes) is 2. The van der Waals surface area contributed by atoms with E-state index in [0.29, 0.717) is 17.2 Å². The first-order chi connectivity index (χ1) is 11.5. The minimum atomic E-state index is -0.0826. The fourth-order valence-corrected chi connectivity index (χ4v) is 2.75. The zero-order valence-corrected chi connectivity index (χ0v) is 14.9. The summed E-state index contributed by atoms with van der Waals surface area (Å²) in [4.78, 5) is 11.4. The summed E-state index contributed by atoms with van der Waals surface area (Å²) in [6.45, 7) is 4.91. The van der Waals surface area contributed by atoms with Gasteiger partial charge in [0.25, 0.3) is 0 Å². The molecule has 1 amide bonds. The van der Waals surface area contributed by atoms with Crippen molar-refractivity contribution in [1.82, 2.24) is 10.7 Å². The van der Waals surface area contributed by atoms with Gasteiger partial charge in [-0.05, 0) is 36.8 Å². The molecule has 1 aliphatic heterocycles. The molecule has 1 atom stereocenters. The molecule has 1 aromatic carbocycles. The van der Waals surface area contributed by atoms with E-state index < -0.39 is 0 Å². The van der Waals surface area contributed by atoms with Crippen LogP contribution in [0.5, 0.6) is 5.75 Å². The largest absolute Gasteiger partial charge is 0.506 e. The maximum absolute atomic E-state index is 11.4. The molecular weight excluding hydrogens is 324 g/mol. The third-order valence-corrected chi connectivity index (χ3v) is 4.11. The monoisotopic (exact) mass is 348 g/mol. The fourth-order valence-electron chi connectivity index (χ4n) is 2.54. The predicted molar refractivity (Wildman–Crippen MR) is 100 cm³/mol. The summed E-state index contributed by atoms with van der Waals surface area (Å²) in [6, 6.07) is 5.18. The Bertz CT molecular complexity index is 645. The highest BCUT2D eigenvalue weighted by molar-refractivity contribution is 7.80. The zero-order valence-electron chi connectivity index (χ0n) is 14.1. The van der Waals surface area contributed by atoms with Crippen molar-refractivity contribution in [1.29, 1.82) is 0 Å². The third kappa shape index (κ3) is 4.92. The number of rotatable bonds is 6. The fraction of sp³-hybridized carbons (Fsp3) is 0.471. The van der Waals surface area contributed by atoms with E-state index >= 15 is 0 Å². The third-order valence-electron chi connectivity index (χ3n) is 3.87. The number of benzene rings is 1. The smallest absolute Gasteiger partial charge is 0.240 e. The standard InChI is InChI=1S/C17H24N4O2S/c1-3-4-5-8-18-17(24)19-13-10-12(6-7-14(13)22)16-11(2)9-15(23)20-21-16/h6-7,10-11,22H,3-5,8-9H2,1-2H3,(H,20,23)(H2,18,19,24). The molecule has 24 heavy (non-hydrogen) atoms. The number of carbonyl (C=O) groups is 1. The summed E-state index contributed by atoms with van der Waals surface area (Å²) >= 11 is 5.26. The predicted octanol–water partition coefficient (Wildman–Crippen LogP) is 2.73. The molecule has 1 aliphatic rings. The van der Waals surface area contributed by atoms with Gasteiger partial charge in [0, 0.05) is 24.4 Å². The van der Waals surface area contributed by atoms with Crippen LogP contribution in [0.15, 0.2) is 23.3 Å². The van der Waals surface area contributed by atoms with E-state index in [-0.39, 0.29) is 17.6 Å². The van der Waals surface area contributed by atoms with Crippen LogP contribution in [0, 0.1) is 5.92 Å². The number of phenols is 1. The average Bonchev–Trinajstić information content (AvgIpc) is 2.54. The van der Waals surface area contributed by atoms with Gasteiger partial charge in [-0.25, -0.2) is 5.43 Å². The molecule has 0 saturated carbocycles. The Morgan fingerprint density at radius 3 is 2.96 bits per heavy atom. The second kappa shape index (κ2) is 8.63. The van der Waals surface area contributed by atoms with Gasteiger partial charge in [-0.1, -0.05) is 26.7 Å². The molecule has 130 valence electrons. The number of hydrogen-bond donors (Lipinski definition) is 4. The Kier molecular flexibility index (Phi) is 6.54. The Morgan fingerprint density at radius 1 is 1.46 bits per heavy atom. The average molecular weight is 348 g/mol. The van der Waals surface area contributed by atoms with Gasteiger partial charge in [0.15, 0.2) is 5.11 Å². The first kappa shape index (κ1) is 18.2. The first-order valence-corrected chi connectivity index (χ1v) is 8.66. The van der Waals surface area contributed by atoms with Gasteiger partial charge in [-0.2, -0.15) is 5.10 Å². The van der Waals surface area contributed by atoms with Crippen LogP contribution in [-0.2, 0) is 4.79 Å². The highest BCUT2D eigenvalue weighted by Crippen LogP contribution is 2.27. The lowest BCUT2D eigenvalue weighted by molar-refractivity contribution is -0.121. The van der Waals surface area contributed by atoms with Crippen molar-refractivity contribution in [3.05, 3.63) is 23.8 Å². The highest BCUT2D eigenvalue weighted by Gasteiger charge is 2.22. The van der Waals surface area contributed by atoms with Crippen LogP contribution >= 0.6 is 12.2 Å². The van der Waals surface area contributed by atoms with Gasteiger partial charge in [-0.3, -0.25) is 4.79 Å². The van der Waals surface area contributed by atoms with E-state index in [4.69, 9.17) is 12.2 Å². The van der Waals surface area contributed by atoms with Crippen molar-refractivity contribution in [3.8, 4) is 5.75 Å². The van der Waals surface area contributed by atoms with Crippen LogP contribution in [0.25, 0.3) is 0 Å². The van der Waals surface area contributed by atoms with Gasteiger partial charge in [0.05, 0.1) is 11.4 Å². The van der Waals surface area contributed by atoms with Crippen molar-refractivity contribution in [3.63, 3.8) is 0 Å². The number of amides is 1. The van der Waals surface area contributed by atoms with Gasteiger partial charge in [0.1, 0.15) is 5.75 Å². The second-order valence-corrected chi connectivity index (χ2v) is 6.37. The van der Waals surface area contributed by atoms with Crippen molar-refractivity contribution in [2.45, 2.75) is 39.5 Å². The van der Waals surface area contributed by atoms with Gasteiger partial charge < -0.3 is 15.7 Å². The minimum Gasteiger partial charge on any atom is -0.506 e. The van der Waals surface area contributed by atoms with E-state index in [1.165, 1.54) is 0 Å². The maximum Gasteiger partial charge on any atom is 0.240 e. The van der Waals surface area contributed by atoms with Crippen LogP contribution in [0.2, 0.25) is 0 Å². The molecule has 0 radical (unpaired) electrons. The summed E-state index contributed by atoms with van der Waals surface area (Å²) in [5.74, 6) is 0.0562. The maximum atomic E-state index is 11.4. The highest BCUT2D eigenvalue weighted by atomic mass is 32.1. The molecule has 0 bridgehead atoms. The number of carbonyl (C=O) groups excluding carboxylic acids is 1. The summed E-state index contributed by atoms with van der Waals surface area (Å²) in [7, 11) is 0. The Labute approximate surface area is 147 Å². The van der Waals surface area contributed by atoms with Crippen molar-refractivity contribution in [2.24, 2.45) is 11.0 Å². The van der Waals surface area contributed by atoms with Crippen molar-refractivity contribution in [2.75, 3.05) is 11.9 Å². The number of hydrogen-bond acceptors (Lipinski definition) is 4. The lowest BCUT2D eigenvalue weighted by Crippen LogP contribution is -2.32. The molecule has 7 heteroatoms.